The Balaban J connectivity index is 2.23. The van der Waals surface area contributed by atoms with Crippen molar-refractivity contribution in [2.75, 3.05) is 13.2 Å². The van der Waals surface area contributed by atoms with Crippen LogP contribution in [0, 0.1) is 0 Å². The van der Waals surface area contributed by atoms with Gasteiger partial charge in [0.15, 0.2) is 0 Å². The number of benzene rings is 1. The van der Waals surface area contributed by atoms with Gasteiger partial charge in [-0.25, -0.2) is 0 Å². The Morgan fingerprint density at radius 2 is 1.86 bits per heavy atom. The Morgan fingerprint density at radius 3 is 2.43 bits per heavy atom. The summed E-state index contributed by atoms with van der Waals surface area (Å²) in [5.41, 5.74) is 6.35. The molecule has 0 amide bonds. The van der Waals surface area contributed by atoms with E-state index >= 15 is 0 Å². The Labute approximate surface area is 127 Å². The van der Waals surface area contributed by atoms with E-state index in [4.69, 9.17) is 15.2 Å². The summed E-state index contributed by atoms with van der Waals surface area (Å²) in [6.45, 7) is 6.62. The molecule has 0 fully saturated rings. The number of nitrogens with two attached hydrogens (primary N) is 1. The highest BCUT2D eigenvalue weighted by Crippen LogP contribution is 2.15. The third-order valence-corrected chi connectivity index (χ3v) is 3.43. The average Bonchev–Trinajstić information content (AvgIpc) is 2.47. The van der Waals surface area contributed by atoms with Gasteiger partial charge in [0.1, 0.15) is 11.3 Å². The fourth-order valence-electron chi connectivity index (χ4n) is 2.00. The molecular formula is C17H27NO3. The average molecular weight is 293 g/mol. The van der Waals surface area contributed by atoms with Gasteiger partial charge in [-0.15, -0.1) is 0 Å². The molecule has 1 unspecified atom stereocenters. The standard InChI is InChI=1S/C17H27NO3/c1-4-14-8-10-15(11-9-14)21-13-7-6-12-17(3,18)16(19)20-5-2/h8-11H,4-7,12-13,18H2,1-3H3. The number of ether oxygens (including phenoxy) is 2. The molecule has 1 aromatic rings. The van der Waals surface area contributed by atoms with Crippen LogP contribution in [0.5, 0.6) is 5.75 Å². The number of hydrogen-bond acceptors (Lipinski definition) is 4. The first-order valence-electron chi connectivity index (χ1n) is 7.67. The Kier molecular flexibility index (Phi) is 7.23. The first kappa shape index (κ1) is 17.5. The van der Waals surface area contributed by atoms with Crippen LogP contribution in [0.3, 0.4) is 0 Å². The van der Waals surface area contributed by atoms with Crippen molar-refractivity contribution in [1.29, 1.82) is 0 Å². The molecule has 1 rings (SSSR count). The predicted octanol–water partition coefficient (Wildman–Crippen LogP) is 3.08. The number of rotatable bonds is 9. The molecule has 21 heavy (non-hydrogen) atoms. The summed E-state index contributed by atoms with van der Waals surface area (Å²) in [6, 6.07) is 8.13. The van der Waals surface area contributed by atoms with E-state index in [0.717, 1.165) is 25.0 Å². The molecule has 0 saturated carbocycles. The molecule has 0 radical (unpaired) electrons. The molecule has 2 N–H and O–H groups in total. The first-order chi connectivity index (χ1) is 9.99. The van der Waals surface area contributed by atoms with E-state index in [1.807, 2.05) is 12.1 Å². The van der Waals surface area contributed by atoms with E-state index < -0.39 is 5.54 Å². The summed E-state index contributed by atoms with van der Waals surface area (Å²) < 4.78 is 10.6. The van der Waals surface area contributed by atoms with Gasteiger partial charge in [0.25, 0.3) is 0 Å². The van der Waals surface area contributed by atoms with Crippen molar-refractivity contribution >= 4 is 5.97 Å². The maximum Gasteiger partial charge on any atom is 0.325 e. The lowest BCUT2D eigenvalue weighted by molar-refractivity contribution is -0.149. The van der Waals surface area contributed by atoms with Gasteiger partial charge >= 0.3 is 5.97 Å². The van der Waals surface area contributed by atoms with Crippen molar-refractivity contribution in [3.63, 3.8) is 0 Å². The fourth-order valence-corrected chi connectivity index (χ4v) is 2.00. The summed E-state index contributed by atoms with van der Waals surface area (Å²) in [4.78, 5) is 11.6. The van der Waals surface area contributed by atoms with Gasteiger partial charge in [0.2, 0.25) is 0 Å². The van der Waals surface area contributed by atoms with Gasteiger partial charge < -0.3 is 15.2 Å². The van der Waals surface area contributed by atoms with E-state index in [-0.39, 0.29) is 5.97 Å². The fraction of sp³-hybridized carbons (Fsp3) is 0.588. The molecule has 0 heterocycles. The smallest absolute Gasteiger partial charge is 0.325 e. The lowest BCUT2D eigenvalue weighted by Crippen LogP contribution is -2.46. The quantitative estimate of drug-likeness (QED) is 0.561. The summed E-state index contributed by atoms with van der Waals surface area (Å²) >= 11 is 0. The number of carbonyl (C=O) groups is 1. The molecule has 0 saturated heterocycles. The largest absolute Gasteiger partial charge is 0.494 e. The lowest BCUT2D eigenvalue weighted by atomic mass is 9.96. The third-order valence-electron chi connectivity index (χ3n) is 3.43. The van der Waals surface area contributed by atoms with Crippen molar-refractivity contribution in [2.45, 2.75) is 52.0 Å². The second-order valence-corrected chi connectivity index (χ2v) is 5.44. The molecule has 0 aliphatic heterocycles. The van der Waals surface area contributed by atoms with Crippen molar-refractivity contribution in [1.82, 2.24) is 0 Å². The lowest BCUT2D eigenvalue weighted by Gasteiger charge is -2.21. The molecule has 4 heteroatoms. The van der Waals surface area contributed by atoms with E-state index in [2.05, 4.69) is 19.1 Å². The first-order valence-corrected chi connectivity index (χ1v) is 7.67. The SMILES string of the molecule is CCOC(=O)C(C)(N)CCCCOc1ccc(CC)cc1. The number of hydrogen-bond donors (Lipinski definition) is 1. The summed E-state index contributed by atoms with van der Waals surface area (Å²) in [5.74, 6) is 0.550. The molecule has 0 aromatic heterocycles. The van der Waals surface area contributed by atoms with Crippen molar-refractivity contribution < 1.29 is 14.3 Å². The number of carbonyl (C=O) groups excluding carboxylic acids is 1. The molecule has 0 spiro atoms. The molecule has 1 atom stereocenters. The highest BCUT2D eigenvalue weighted by molar-refractivity contribution is 5.79. The number of aryl methyl sites for hydroxylation is 1. The molecule has 4 nitrogen and oxygen atoms in total. The van der Waals surface area contributed by atoms with Crippen LogP contribution >= 0.6 is 0 Å². The minimum atomic E-state index is -0.904. The zero-order valence-corrected chi connectivity index (χ0v) is 13.4. The van der Waals surface area contributed by atoms with E-state index in [9.17, 15) is 4.79 Å². The highest BCUT2D eigenvalue weighted by atomic mass is 16.5. The normalized spacial score (nSPS) is 13.5. The van der Waals surface area contributed by atoms with Crippen molar-refractivity contribution in [2.24, 2.45) is 5.73 Å². The van der Waals surface area contributed by atoms with Crippen molar-refractivity contribution in [3.8, 4) is 5.75 Å². The molecule has 0 aliphatic rings. The molecule has 0 aliphatic carbocycles. The molecule has 118 valence electrons. The predicted molar refractivity (Wildman–Crippen MR) is 84.4 cm³/mol. The van der Waals surface area contributed by atoms with Crippen LogP contribution in [-0.4, -0.2) is 24.7 Å². The van der Waals surface area contributed by atoms with Gasteiger partial charge in [-0.1, -0.05) is 19.1 Å². The van der Waals surface area contributed by atoms with Crippen LogP contribution in [0.2, 0.25) is 0 Å². The Bertz CT molecular complexity index is 426. The molecule has 0 bridgehead atoms. The van der Waals surface area contributed by atoms with E-state index in [1.54, 1.807) is 13.8 Å². The van der Waals surface area contributed by atoms with Crippen molar-refractivity contribution in [3.05, 3.63) is 29.8 Å². The topological polar surface area (TPSA) is 61.5 Å². The summed E-state index contributed by atoms with van der Waals surface area (Å²) in [5, 5.41) is 0. The third kappa shape index (κ3) is 6.17. The van der Waals surface area contributed by atoms with Gasteiger partial charge in [0.05, 0.1) is 13.2 Å². The molecular weight excluding hydrogens is 266 g/mol. The maximum absolute atomic E-state index is 11.6. The van der Waals surface area contributed by atoms with Crippen LogP contribution in [0.15, 0.2) is 24.3 Å². The number of unbranched alkanes of at least 4 members (excludes halogenated alkanes) is 1. The number of esters is 1. The van der Waals surface area contributed by atoms with Gasteiger partial charge in [-0.3, -0.25) is 4.79 Å². The zero-order valence-electron chi connectivity index (χ0n) is 13.4. The summed E-state index contributed by atoms with van der Waals surface area (Å²) in [7, 11) is 0. The minimum absolute atomic E-state index is 0.332. The Hall–Kier alpha value is -1.55. The van der Waals surface area contributed by atoms with E-state index in [1.165, 1.54) is 5.56 Å². The van der Waals surface area contributed by atoms with Gasteiger partial charge in [0, 0.05) is 0 Å². The van der Waals surface area contributed by atoms with Crippen LogP contribution in [0.1, 0.15) is 45.6 Å². The monoisotopic (exact) mass is 293 g/mol. The van der Waals surface area contributed by atoms with Crippen LogP contribution in [0.25, 0.3) is 0 Å². The second kappa shape index (κ2) is 8.67. The van der Waals surface area contributed by atoms with Crippen LogP contribution in [0.4, 0.5) is 0 Å². The Morgan fingerprint density at radius 1 is 1.19 bits per heavy atom. The maximum atomic E-state index is 11.6. The summed E-state index contributed by atoms with van der Waals surface area (Å²) in [6.07, 6.45) is 3.33. The minimum Gasteiger partial charge on any atom is -0.494 e. The second-order valence-electron chi connectivity index (χ2n) is 5.44. The van der Waals surface area contributed by atoms with Gasteiger partial charge in [-0.05, 0) is 57.2 Å². The van der Waals surface area contributed by atoms with E-state index in [0.29, 0.717) is 19.6 Å². The zero-order chi connectivity index (χ0) is 15.7. The molecule has 1 aromatic carbocycles. The van der Waals surface area contributed by atoms with Crippen LogP contribution in [-0.2, 0) is 16.0 Å². The highest BCUT2D eigenvalue weighted by Gasteiger charge is 2.28. The van der Waals surface area contributed by atoms with Crippen LogP contribution < -0.4 is 10.5 Å². The van der Waals surface area contributed by atoms with Gasteiger partial charge in [-0.2, -0.15) is 0 Å².